The van der Waals surface area contributed by atoms with Crippen LogP contribution in [0.15, 0.2) is 60.2 Å². The fourth-order valence-electron chi connectivity index (χ4n) is 5.91. The Morgan fingerprint density at radius 2 is 1.83 bits per heavy atom. The van der Waals surface area contributed by atoms with E-state index in [4.69, 9.17) is 4.74 Å². The number of esters is 1. The number of benzene rings is 2. The molecule has 2 unspecified atom stereocenters. The molecule has 1 spiro atoms. The molecule has 2 aliphatic carbocycles. The average Bonchev–Trinajstić information content (AvgIpc) is 3.14. The van der Waals surface area contributed by atoms with E-state index in [1.54, 1.807) is 5.56 Å². The Bertz CT molecular complexity index is 963. The summed E-state index contributed by atoms with van der Waals surface area (Å²) >= 11 is 0. The van der Waals surface area contributed by atoms with Gasteiger partial charge in [-0.15, -0.1) is 0 Å². The maximum Gasteiger partial charge on any atom is 0.333 e. The van der Waals surface area contributed by atoms with Gasteiger partial charge in [0, 0.05) is 30.1 Å². The number of nitrogens with zero attached hydrogens (tertiary/aromatic N) is 1. The molecule has 3 nitrogen and oxygen atoms in total. The highest BCUT2D eigenvalue weighted by molar-refractivity contribution is 5.88. The van der Waals surface area contributed by atoms with Crippen LogP contribution in [0, 0.1) is 0 Å². The van der Waals surface area contributed by atoms with E-state index in [9.17, 15) is 4.79 Å². The molecule has 1 saturated carbocycles. The standard InChI is InChI=1S/C26H29NO2/c1-29-25(28)19-11-14-27(15-12-19)23-10-13-26(18-23)17-22-8-3-2-6-20(22)16-21-7-4-5-9-24(21)26/h2-9,11,23H,10,12-18H2,1H3. The molecule has 0 N–H and O–H groups in total. The highest BCUT2D eigenvalue weighted by Crippen LogP contribution is 2.49. The zero-order chi connectivity index (χ0) is 19.8. The van der Waals surface area contributed by atoms with Gasteiger partial charge in [0.15, 0.2) is 0 Å². The molecule has 150 valence electrons. The molecular formula is C26H29NO2. The van der Waals surface area contributed by atoms with E-state index >= 15 is 0 Å². The Kier molecular flexibility index (Phi) is 4.79. The lowest BCUT2D eigenvalue weighted by Gasteiger charge is -2.35. The fourth-order valence-corrected chi connectivity index (χ4v) is 5.91. The number of carbonyl (C=O) groups is 1. The smallest absolute Gasteiger partial charge is 0.333 e. The van der Waals surface area contributed by atoms with E-state index in [2.05, 4.69) is 59.5 Å². The van der Waals surface area contributed by atoms with E-state index in [1.807, 2.05) is 0 Å². The van der Waals surface area contributed by atoms with Crippen molar-refractivity contribution < 1.29 is 9.53 Å². The lowest BCUT2D eigenvalue weighted by Crippen LogP contribution is -2.39. The van der Waals surface area contributed by atoms with Gasteiger partial charge in [0.05, 0.1) is 7.11 Å². The number of hydrogen-bond donors (Lipinski definition) is 0. The van der Waals surface area contributed by atoms with E-state index in [0.29, 0.717) is 6.04 Å². The van der Waals surface area contributed by atoms with Crippen molar-refractivity contribution >= 4 is 5.97 Å². The Morgan fingerprint density at radius 3 is 2.59 bits per heavy atom. The number of fused-ring (bicyclic) bond motifs is 3. The highest BCUT2D eigenvalue weighted by atomic mass is 16.5. The molecule has 2 aromatic carbocycles. The van der Waals surface area contributed by atoms with Crippen LogP contribution < -0.4 is 0 Å². The minimum atomic E-state index is -0.165. The van der Waals surface area contributed by atoms with Gasteiger partial charge in [-0.25, -0.2) is 4.79 Å². The minimum absolute atomic E-state index is 0.165. The van der Waals surface area contributed by atoms with Gasteiger partial charge >= 0.3 is 5.97 Å². The molecule has 0 amide bonds. The third-order valence-electron chi connectivity index (χ3n) is 7.40. The minimum Gasteiger partial charge on any atom is -0.466 e. The van der Waals surface area contributed by atoms with Crippen molar-refractivity contribution in [1.82, 2.24) is 4.90 Å². The molecule has 0 radical (unpaired) electrons. The van der Waals surface area contributed by atoms with Crippen LogP contribution in [-0.2, 0) is 27.8 Å². The first-order valence-corrected chi connectivity index (χ1v) is 10.9. The Morgan fingerprint density at radius 1 is 1.07 bits per heavy atom. The van der Waals surface area contributed by atoms with Gasteiger partial charge in [0.2, 0.25) is 0 Å². The van der Waals surface area contributed by atoms with Crippen LogP contribution in [-0.4, -0.2) is 37.1 Å². The van der Waals surface area contributed by atoms with Crippen molar-refractivity contribution in [3.05, 3.63) is 82.4 Å². The van der Waals surface area contributed by atoms with E-state index in [0.717, 1.165) is 37.9 Å². The molecule has 1 fully saturated rings. The predicted molar refractivity (Wildman–Crippen MR) is 115 cm³/mol. The third kappa shape index (κ3) is 3.32. The SMILES string of the molecule is COC(=O)C1=CCN(C2CCC3(Cc4ccccc4Cc4ccccc43)C2)CC1. The summed E-state index contributed by atoms with van der Waals surface area (Å²) in [5, 5.41) is 0. The molecule has 1 aliphatic heterocycles. The first-order valence-electron chi connectivity index (χ1n) is 10.9. The average molecular weight is 388 g/mol. The van der Waals surface area contributed by atoms with E-state index < -0.39 is 0 Å². The Hall–Kier alpha value is -2.39. The monoisotopic (exact) mass is 387 g/mol. The second kappa shape index (κ2) is 7.46. The maximum absolute atomic E-state index is 11.8. The van der Waals surface area contributed by atoms with Crippen LogP contribution in [0.3, 0.4) is 0 Å². The number of carbonyl (C=O) groups excluding carboxylic acids is 1. The van der Waals surface area contributed by atoms with Crippen LogP contribution >= 0.6 is 0 Å². The Labute approximate surface area is 173 Å². The first kappa shape index (κ1) is 18.6. The second-order valence-electron chi connectivity index (χ2n) is 8.92. The number of ether oxygens (including phenoxy) is 1. The molecule has 2 aromatic rings. The summed E-state index contributed by atoms with van der Waals surface area (Å²) in [4.78, 5) is 14.4. The summed E-state index contributed by atoms with van der Waals surface area (Å²) < 4.78 is 4.90. The lowest BCUT2D eigenvalue weighted by molar-refractivity contribution is -0.136. The van der Waals surface area contributed by atoms with Crippen molar-refractivity contribution in [3.8, 4) is 0 Å². The quantitative estimate of drug-likeness (QED) is 0.714. The molecule has 1 heterocycles. The Balaban J connectivity index is 1.43. The summed E-state index contributed by atoms with van der Waals surface area (Å²) in [5.74, 6) is -0.165. The molecule has 3 heteroatoms. The highest BCUT2D eigenvalue weighted by Gasteiger charge is 2.44. The fraction of sp³-hybridized carbons (Fsp3) is 0.423. The van der Waals surface area contributed by atoms with E-state index in [-0.39, 0.29) is 11.4 Å². The molecule has 0 saturated heterocycles. The van der Waals surface area contributed by atoms with Crippen molar-refractivity contribution in [3.63, 3.8) is 0 Å². The first-order chi connectivity index (χ1) is 14.2. The van der Waals surface area contributed by atoms with Crippen LogP contribution in [0.5, 0.6) is 0 Å². The number of hydrogen-bond acceptors (Lipinski definition) is 3. The van der Waals surface area contributed by atoms with Crippen molar-refractivity contribution in [2.45, 2.75) is 50.0 Å². The molecular weight excluding hydrogens is 358 g/mol. The number of methoxy groups -OCH3 is 1. The molecule has 5 rings (SSSR count). The van der Waals surface area contributed by atoms with Crippen molar-refractivity contribution in [1.29, 1.82) is 0 Å². The van der Waals surface area contributed by atoms with Crippen LogP contribution in [0.2, 0.25) is 0 Å². The van der Waals surface area contributed by atoms with Gasteiger partial charge in [-0.05, 0) is 60.8 Å². The van der Waals surface area contributed by atoms with Crippen molar-refractivity contribution in [2.24, 2.45) is 0 Å². The van der Waals surface area contributed by atoms with Crippen LogP contribution in [0.4, 0.5) is 0 Å². The molecule has 0 bridgehead atoms. The van der Waals surface area contributed by atoms with Gasteiger partial charge in [0.1, 0.15) is 0 Å². The van der Waals surface area contributed by atoms with E-state index in [1.165, 1.54) is 43.1 Å². The maximum atomic E-state index is 11.8. The van der Waals surface area contributed by atoms with Gasteiger partial charge in [-0.3, -0.25) is 4.90 Å². The molecule has 2 atom stereocenters. The summed E-state index contributed by atoms with van der Waals surface area (Å²) in [7, 11) is 1.47. The van der Waals surface area contributed by atoms with Gasteiger partial charge in [0.25, 0.3) is 0 Å². The van der Waals surface area contributed by atoms with Gasteiger partial charge in [-0.1, -0.05) is 54.6 Å². The third-order valence-corrected chi connectivity index (χ3v) is 7.40. The normalized spacial score (nSPS) is 26.4. The summed E-state index contributed by atoms with van der Waals surface area (Å²) in [5.41, 5.74) is 7.16. The van der Waals surface area contributed by atoms with Crippen molar-refractivity contribution in [2.75, 3.05) is 20.2 Å². The van der Waals surface area contributed by atoms with Gasteiger partial charge < -0.3 is 4.74 Å². The molecule has 3 aliphatic rings. The number of rotatable bonds is 2. The molecule has 29 heavy (non-hydrogen) atoms. The second-order valence-corrected chi connectivity index (χ2v) is 8.92. The van der Waals surface area contributed by atoms with Crippen LogP contribution in [0.1, 0.15) is 47.9 Å². The zero-order valence-electron chi connectivity index (χ0n) is 17.2. The summed E-state index contributed by atoms with van der Waals surface area (Å²) in [6.45, 7) is 1.82. The van der Waals surface area contributed by atoms with Gasteiger partial charge in [-0.2, -0.15) is 0 Å². The topological polar surface area (TPSA) is 29.5 Å². The summed E-state index contributed by atoms with van der Waals surface area (Å²) in [6.07, 6.45) is 8.76. The predicted octanol–water partition coefficient (Wildman–Crippen LogP) is 4.43. The largest absolute Gasteiger partial charge is 0.466 e. The molecule has 0 aromatic heterocycles. The lowest BCUT2D eigenvalue weighted by atomic mass is 9.73. The summed E-state index contributed by atoms with van der Waals surface area (Å²) in [6, 6.07) is 18.7. The van der Waals surface area contributed by atoms with Crippen LogP contribution in [0.25, 0.3) is 0 Å². The zero-order valence-corrected chi connectivity index (χ0v) is 17.2.